The van der Waals surface area contributed by atoms with E-state index < -0.39 is 0 Å². The van der Waals surface area contributed by atoms with Crippen molar-refractivity contribution >= 4 is 5.91 Å². The van der Waals surface area contributed by atoms with Crippen LogP contribution in [0.1, 0.15) is 55.0 Å². The highest BCUT2D eigenvalue weighted by atomic mass is 16.3. The number of carbonyl (C=O) groups excluding carboxylic acids is 1. The summed E-state index contributed by atoms with van der Waals surface area (Å²) in [4.78, 5) is 17.1. The first kappa shape index (κ1) is 18.0. The van der Waals surface area contributed by atoms with Gasteiger partial charge in [-0.05, 0) is 40.2 Å². The number of aryl methyl sites for hydroxylation is 1. The van der Waals surface area contributed by atoms with Crippen LogP contribution in [-0.4, -0.2) is 64.2 Å². The van der Waals surface area contributed by atoms with Crippen LogP contribution in [0.2, 0.25) is 0 Å². The predicted molar refractivity (Wildman–Crippen MR) is 92.9 cm³/mol. The minimum Gasteiger partial charge on any atom is -0.395 e. The number of hydrogen-bond acceptors (Lipinski definition) is 3. The molecular weight excluding hydrogens is 290 g/mol. The number of nitrogens with zero attached hydrogens (tertiary/aromatic N) is 3. The van der Waals surface area contributed by atoms with E-state index in [-0.39, 0.29) is 18.6 Å². The molecule has 23 heavy (non-hydrogen) atoms. The van der Waals surface area contributed by atoms with Crippen LogP contribution in [0.25, 0.3) is 0 Å². The molecule has 1 aliphatic rings. The van der Waals surface area contributed by atoms with Crippen molar-refractivity contribution < 1.29 is 9.90 Å². The number of carbonyl (C=O) groups is 1. The number of hydrogen-bond donors (Lipinski definition) is 1. The summed E-state index contributed by atoms with van der Waals surface area (Å²) in [5, 5.41) is 9.43. The molecule has 0 radical (unpaired) electrons. The number of piperazine rings is 1. The maximum atomic E-state index is 12.9. The Morgan fingerprint density at radius 2 is 1.83 bits per heavy atom. The molecule has 0 bridgehead atoms. The van der Waals surface area contributed by atoms with Gasteiger partial charge in [0.25, 0.3) is 5.91 Å². The van der Waals surface area contributed by atoms with Crippen LogP contribution < -0.4 is 0 Å². The largest absolute Gasteiger partial charge is 0.395 e. The van der Waals surface area contributed by atoms with E-state index in [0.29, 0.717) is 6.04 Å². The number of aromatic nitrogens is 1. The number of amides is 1. The van der Waals surface area contributed by atoms with Crippen LogP contribution in [0.5, 0.6) is 0 Å². The Kier molecular flexibility index (Phi) is 5.87. The van der Waals surface area contributed by atoms with Gasteiger partial charge in [-0.2, -0.15) is 0 Å². The summed E-state index contributed by atoms with van der Waals surface area (Å²) in [6.45, 7) is 13.8. The molecule has 1 atom stereocenters. The lowest BCUT2D eigenvalue weighted by Gasteiger charge is -2.38. The number of aliphatic hydroxyl groups excluding tert-OH is 1. The molecule has 5 heteroatoms. The second-order valence-corrected chi connectivity index (χ2v) is 6.82. The van der Waals surface area contributed by atoms with Crippen molar-refractivity contribution in [3.8, 4) is 0 Å². The summed E-state index contributed by atoms with van der Waals surface area (Å²) >= 11 is 0. The Hall–Kier alpha value is -1.33. The topological polar surface area (TPSA) is 48.7 Å². The van der Waals surface area contributed by atoms with Gasteiger partial charge in [-0.3, -0.25) is 9.69 Å². The summed E-state index contributed by atoms with van der Waals surface area (Å²) in [6, 6.07) is 2.61. The molecule has 2 heterocycles. The van der Waals surface area contributed by atoms with E-state index in [1.807, 2.05) is 17.9 Å². The third-order valence-corrected chi connectivity index (χ3v) is 5.03. The van der Waals surface area contributed by atoms with Crippen molar-refractivity contribution in [3.05, 3.63) is 23.0 Å². The smallest absolute Gasteiger partial charge is 0.255 e. The molecule has 2 rings (SSSR count). The van der Waals surface area contributed by atoms with Gasteiger partial charge in [0.05, 0.1) is 12.2 Å². The first-order chi connectivity index (χ1) is 10.9. The Balaban J connectivity index is 2.07. The van der Waals surface area contributed by atoms with Gasteiger partial charge in [0, 0.05) is 49.7 Å². The highest BCUT2D eigenvalue weighted by molar-refractivity contribution is 5.95. The second kappa shape index (κ2) is 7.49. The highest BCUT2D eigenvalue weighted by Crippen LogP contribution is 2.22. The van der Waals surface area contributed by atoms with Gasteiger partial charge in [0.1, 0.15) is 0 Å². The minimum atomic E-state index is 0.140. The van der Waals surface area contributed by atoms with E-state index >= 15 is 0 Å². The normalized spacial score (nSPS) is 17.8. The molecular formula is C18H31N3O2. The van der Waals surface area contributed by atoms with E-state index in [2.05, 4.69) is 37.2 Å². The van der Waals surface area contributed by atoms with Crippen molar-refractivity contribution in [2.24, 2.45) is 0 Å². The summed E-state index contributed by atoms with van der Waals surface area (Å²) in [7, 11) is 0. The zero-order valence-corrected chi connectivity index (χ0v) is 15.2. The fraction of sp³-hybridized carbons (Fsp3) is 0.722. The quantitative estimate of drug-likeness (QED) is 0.904. The van der Waals surface area contributed by atoms with Gasteiger partial charge in [0.15, 0.2) is 0 Å². The Labute approximate surface area is 139 Å². The third-order valence-electron chi connectivity index (χ3n) is 5.03. The molecule has 130 valence electrons. The molecule has 1 amide bonds. The molecule has 0 saturated carbocycles. The monoisotopic (exact) mass is 321 g/mol. The van der Waals surface area contributed by atoms with E-state index in [1.54, 1.807) is 0 Å². The third kappa shape index (κ3) is 3.61. The second-order valence-electron chi connectivity index (χ2n) is 6.82. The molecule has 1 aromatic heterocycles. The van der Waals surface area contributed by atoms with Crippen LogP contribution >= 0.6 is 0 Å². The van der Waals surface area contributed by atoms with Gasteiger partial charge >= 0.3 is 0 Å². The van der Waals surface area contributed by atoms with Crippen LogP contribution in [0.4, 0.5) is 0 Å². The zero-order valence-electron chi connectivity index (χ0n) is 15.2. The molecule has 5 nitrogen and oxygen atoms in total. The van der Waals surface area contributed by atoms with Gasteiger partial charge < -0.3 is 14.6 Å². The number of aliphatic hydroxyl groups is 1. The summed E-state index contributed by atoms with van der Waals surface area (Å²) in [6.07, 6.45) is 0.944. The minimum absolute atomic E-state index is 0.140. The first-order valence-corrected chi connectivity index (χ1v) is 8.73. The Morgan fingerprint density at radius 1 is 1.22 bits per heavy atom. The van der Waals surface area contributed by atoms with Crippen molar-refractivity contribution in [2.75, 3.05) is 32.8 Å². The molecule has 0 aliphatic carbocycles. The molecule has 1 fully saturated rings. The molecule has 0 spiro atoms. The van der Waals surface area contributed by atoms with Crippen molar-refractivity contribution in [1.29, 1.82) is 0 Å². The Bertz CT molecular complexity index is 539. The van der Waals surface area contributed by atoms with Gasteiger partial charge in [0.2, 0.25) is 0 Å². The lowest BCUT2D eigenvalue weighted by molar-refractivity contribution is 0.0472. The highest BCUT2D eigenvalue weighted by Gasteiger charge is 2.27. The fourth-order valence-electron chi connectivity index (χ4n) is 3.75. The maximum absolute atomic E-state index is 12.9. The summed E-state index contributed by atoms with van der Waals surface area (Å²) < 4.78 is 2.22. The molecule has 0 aromatic carbocycles. The van der Waals surface area contributed by atoms with E-state index in [1.165, 1.54) is 0 Å². The zero-order chi connectivity index (χ0) is 17.1. The Morgan fingerprint density at radius 3 is 2.26 bits per heavy atom. The predicted octanol–water partition coefficient (Wildman–Crippen LogP) is 2.21. The van der Waals surface area contributed by atoms with E-state index in [0.717, 1.165) is 49.6 Å². The standard InChI is InChI=1S/C18H31N3O2/c1-6-16(12-22)19-7-9-20(10-8-19)18(23)17-11-14(4)21(13(2)3)15(17)5/h11,13,16,22H,6-10,12H2,1-5H3. The van der Waals surface area contributed by atoms with Crippen LogP contribution in [0.3, 0.4) is 0 Å². The van der Waals surface area contributed by atoms with Crippen molar-refractivity contribution in [2.45, 2.75) is 53.1 Å². The van der Waals surface area contributed by atoms with E-state index in [4.69, 9.17) is 0 Å². The average molecular weight is 321 g/mol. The lowest BCUT2D eigenvalue weighted by atomic mass is 10.1. The molecule has 1 unspecified atom stereocenters. The maximum Gasteiger partial charge on any atom is 0.255 e. The lowest BCUT2D eigenvalue weighted by Crippen LogP contribution is -2.52. The van der Waals surface area contributed by atoms with Crippen molar-refractivity contribution in [3.63, 3.8) is 0 Å². The molecule has 1 aromatic rings. The van der Waals surface area contributed by atoms with Crippen LogP contribution in [-0.2, 0) is 0 Å². The van der Waals surface area contributed by atoms with Crippen LogP contribution in [0.15, 0.2) is 6.07 Å². The van der Waals surface area contributed by atoms with E-state index in [9.17, 15) is 9.90 Å². The fourth-order valence-corrected chi connectivity index (χ4v) is 3.75. The van der Waals surface area contributed by atoms with Gasteiger partial charge in [-0.15, -0.1) is 0 Å². The van der Waals surface area contributed by atoms with Crippen LogP contribution in [0, 0.1) is 13.8 Å². The molecule has 1 N–H and O–H groups in total. The number of rotatable bonds is 5. The van der Waals surface area contributed by atoms with Gasteiger partial charge in [-0.25, -0.2) is 0 Å². The SMILES string of the molecule is CCC(CO)N1CCN(C(=O)c2cc(C)n(C(C)C)c2C)CC1. The molecule has 1 aliphatic heterocycles. The molecule has 1 saturated heterocycles. The first-order valence-electron chi connectivity index (χ1n) is 8.73. The van der Waals surface area contributed by atoms with Gasteiger partial charge in [-0.1, -0.05) is 6.92 Å². The summed E-state index contributed by atoms with van der Waals surface area (Å²) in [5.41, 5.74) is 3.04. The van der Waals surface area contributed by atoms with Crippen molar-refractivity contribution in [1.82, 2.24) is 14.4 Å². The average Bonchev–Trinajstić information content (AvgIpc) is 2.83. The summed E-state index contributed by atoms with van der Waals surface area (Å²) in [5.74, 6) is 0.140.